The first-order valence-corrected chi connectivity index (χ1v) is 7.62. The monoisotopic (exact) mass is 330 g/mol. The minimum Gasteiger partial charge on any atom is -0.349 e. The summed E-state index contributed by atoms with van der Waals surface area (Å²) in [6.45, 7) is 3.97. The van der Waals surface area contributed by atoms with Crippen LogP contribution in [0.3, 0.4) is 0 Å². The van der Waals surface area contributed by atoms with Gasteiger partial charge in [-0.2, -0.15) is 0 Å². The first-order chi connectivity index (χ1) is 9.40. The number of halogens is 2. The Balaban J connectivity index is 0.00000220. The maximum Gasteiger partial charge on any atom is 0.225 e. The van der Waals surface area contributed by atoms with Gasteiger partial charge in [0.1, 0.15) is 0 Å². The van der Waals surface area contributed by atoms with Crippen LogP contribution < -0.4 is 11.1 Å². The number of amides is 1. The van der Waals surface area contributed by atoms with E-state index in [2.05, 4.69) is 5.32 Å². The van der Waals surface area contributed by atoms with E-state index >= 15 is 0 Å². The molecule has 3 atom stereocenters. The lowest BCUT2D eigenvalue weighted by molar-refractivity contribution is -0.128. The Bertz CT molecular complexity index is 474. The maximum absolute atomic E-state index is 12.4. The van der Waals surface area contributed by atoms with Crippen molar-refractivity contribution in [3.63, 3.8) is 0 Å². The Morgan fingerprint density at radius 3 is 2.57 bits per heavy atom. The quantitative estimate of drug-likeness (QED) is 0.884. The van der Waals surface area contributed by atoms with E-state index in [0.29, 0.717) is 5.02 Å². The number of nitrogens with two attached hydrogens (primary N) is 1. The van der Waals surface area contributed by atoms with Gasteiger partial charge in [0.15, 0.2) is 0 Å². The fourth-order valence-electron chi connectivity index (χ4n) is 2.94. The van der Waals surface area contributed by atoms with Gasteiger partial charge >= 0.3 is 0 Å². The molecule has 21 heavy (non-hydrogen) atoms. The Labute approximate surface area is 138 Å². The largest absolute Gasteiger partial charge is 0.349 e. The van der Waals surface area contributed by atoms with E-state index in [-0.39, 0.29) is 35.8 Å². The number of carbonyl (C=O) groups excluding carboxylic acids is 1. The van der Waals surface area contributed by atoms with Crippen LogP contribution in [-0.4, -0.2) is 11.4 Å². The van der Waals surface area contributed by atoms with Gasteiger partial charge in [-0.15, -0.1) is 12.4 Å². The van der Waals surface area contributed by atoms with Crippen LogP contribution in [-0.2, 0) is 4.79 Å². The van der Waals surface area contributed by atoms with Crippen LogP contribution in [0.5, 0.6) is 0 Å². The highest BCUT2D eigenvalue weighted by Gasteiger charge is 2.38. The van der Waals surface area contributed by atoms with Crippen LogP contribution in [0.2, 0.25) is 5.02 Å². The van der Waals surface area contributed by atoms with E-state index < -0.39 is 0 Å². The average Bonchev–Trinajstić information content (AvgIpc) is 2.38. The zero-order valence-corrected chi connectivity index (χ0v) is 14.1. The standard InChI is InChI=1S/C16H23ClN2O.ClH/c1-11(12-6-8-13(17)9-7-12)19-15(20)14-5-3-4-10-16(14,2)18;/h6-9,11,14H,3-5,10,18H2,1-2H3,(H,19,20);1H. The summed E-state index contributed by atoms with van der Waals surface area (Å²) < 4.78 is 0. The Kier molecular flexibility index (Phi) is 6.51. The fraction of sp³-hybridized carbons (Fsp3) is 0.562. The minimum atomic E-state index is -0.387. The van der Waals surface area contributed by atoms with Gasteiger partial charge in [-0.3, -0.25) is 4.79 Å². The molecule has 1 saturated carbocycles. The lowest BCUT2D eigenvalue weighted by Crippen LogP contribution is -2.53. The lowest BCUT2D eigenvalue weighted by atomic mass is 9.74. The SMILES string of the molecule is CC(NC(=O)C1CCCCC1(C)N)c1ccc(Cl)cc1.Cl. The van der Waals surface area contributed by atoms with Crippen LogP contribution in [0.15, 0.2) is 24.3 Å². The molecule has 0 aliphatic heterocycles. The molecule has 0 heterocycles. The van der Waals surface area contributed by atoms with Crippen LogP contribution in [0.4, 0.5) is 0 Å². The molecule has 1 aliphatic rings. The van der Waals surface area contributed by atoms with Crippen LogP contribution in [0, 0.1) is 5.92 Å². The molecule has 0 aromatic heterocycles. The number of nitrogens with one attached hydrogen (secondary N) is 1. The van der Waals surface area contributed by atoms with Gasteiger partial charge in [0.05, 0.1) is 12.0 Å². The van der Waals surface area contributed by atoms with E-state index in [0.717, 1.165) is 31.2 Å². The highest BCUT2D eigenvalue weighted by Crippen LogP contribution is 2.32. The van der Waals surface area contributed by atoms with E-state index in [1.807, 2.05) is 38.1 Å². The molecule has 3 N–H and O–H groups in total. The first kappa shape index (κ1) is 18.3. The van der Waals surface area contributed by atoms with Crippen molar-refractivity contribution in [1.29, 1.82) is 0 Å². The van der Waals surface area contributed by atoms with Crippen molar-refractivity contribution in [2.45, 2.75) is 51.1 Å². The van der Waals surface area contributed by atoms with Crippen molar-refractivity contribution in [2.75, 3.05) is 0 Å². The maximum atomic E-state index is 12.4. The summed E-state index contributed by atoms with van der Waals surface area (Å²) in [5.41, 5.74) is 6.95. The molecule has 5 heteroatoms. The number of benzene rings is 1. The summed E-state index contributed by atoms with van der Waals surface area (Å²) >= 11 is 5.88. The zero-order valence-electron chi connectivity index (χ0n) is 12.6. The third-order valence-corrected chi connectivity index (χ3v) is 4.55. The molecular weight excluding hydrogens is 307 g/mol. The Hall–Kier alpha value is -0.770. The van der Waals surface area contributed by atoms with Gasteiger partial charge in [-0.1, -0.05) is 36.6 Å². The number of hydrogen-bond acceptors (Lipinski definition) is 2. The first-order valence-electron chi connectivity index (χ1n) is 7.25. The van der Waals surface area contributed by atoms with Crippen molar-refractivity contribution in [3.8, 4) is 0 Å². The third-order valence-electron chi connectivity index (χ3n) is 4.30. The predicted octanol–water partition coefficient (Wildman–Crippen LogP) is 3.85. The second-order valence-electron chi connectivity index (χ2n) is 6.09. The molecule has 1 aromatic carbocycles. The Morgan fingerprint density at radius 2 is 2.00 bits per heavy atom. The lowest BCUT2D eigenvalue weighted by Gasteiger charge is -2.37. The predicted molar refractivity (Wildman–Crippen MR) is 89.8 cm³/mol. The molecule has 2 rings (SSSR count). The van der Waals surface area contributed by atoms with Gasteiger partial charge in [0.2, 0.25) is 5.91 Å². The molecule has 0 saturated heterocycles. The fourth-order valence-corrected chi connectivity index (χ4v) is 3.06. The van der Waals surface area contributed by atoms with E-state index in [1.165, 1.54) is 0 Å². The van der Waals surface area contributed by atoms with Crippen molar-refractivity contribution in [1.82, 2.24) is 5.32 Å². The van der Waals surface area contributed by atoms with Crippen molar-refractivity contribution in [2.24, 2.45) is 11.7 Å². The van der Waals surface area contributed by atoms with E-state index in [9.17, 15) is 4.79 Å². The van der Waals surface area contributed by atoms with Crippen molar-refractivity contribution < 1.29 is 4.79 Å². The number of rotatable bonds is 3. The summed E-state index contributed by atoms with van der Waals surface area (Å²) in [7, 11) is 0. The second-order valence-corrected chi connectivity index (χ2v) is 6.52. The molecule has 1 aliphatic carbocycles. The third kappa shape index (κ3) is 4.60. The van der Waals surface area contributed by atoms with Crippen molar-refractivity contribution in [3.05, 3.63) is 34.9 Å². The van der Waals surface area contributed by atoms with Crippen LogP contribution >= 0.6 is 24.0 Å². The Morgan fingerprint density at radius 1 is 1.38 bits per heavy atom. The summed E-state index contributed by atoms with van der Waals surface area (Å²) in [5.74, 6) is -0.0249. The molecule has 0 bridgehead atoms. The molecular formula is C16H24Cl2N2O. The van der Waals surface area contributed by atoms with Gasteiger partial charge in [-0.05, 0) is 44.4 Å². The minimum absolute atomic E-state index is 0. The molecule has 3 unspecified atom stereocenters. The average molecular weight is 331 g/mol. The zero-order chi connectivity index (χ0) is 14.8. The topological polar surface area (TPSA) is 55.1 Å². The van der Waals surface area contributed by atoms with Gasteiger partial charge < -0.3 is 11.1 Å². The van der Waals surface area contributed by atoms with E-state index in [4.69, 9.17) is 17.3 Å². The van der Waals surface area contributed by atoms with Crippen LogP contribution in [0.25, 0.3) is 0 Å². The highest BCUT2D eigenvalue weighted by molar-refractivity contribution is 6.30. The van der Waals surface area contributed by atoms with E-state index in [1.54, 1.807) is 0 Å². The summed E-state index contributed by atoms with van der Waals surface area (Å²) in [4.78, 5) is 12.4. The summed E-state index contributed by atoms with van der Waals surface area (Å²) in [6.07, 6.45) is 4.00. The molecule has 118 valence electrons. The number of carbonyl (C=O) groups is 1. The van der Waals surface area contributed by atoms with Gasteiger partial charge in [-0.25, -0.2) is 0 Å². The molecule has 3 nitrogen and oxygen atoms in total. The summed E-state index contributed by atoms with van der Waals surface area (Å²) in [6, 6.07) is 7.53. The van der Waals surface area contributed by atoms with Crippen molar-refractivity contribution >= 4 is 29.9 Å². The molecule has 1 fully saturated rings. The number of hydrogen-bond donors (Lipinski definition) is 2. The van der Waals surface area contributed by atoms with Gasteiger partial charge in [0, 0.05) is 10.6 Å². The smallest absolute Gasteiger partial charge is 0.225 e. The van der Waals surface area contributed by atoms with Crippen LogP contribution in [0.1, 0.15) is 51.1 Å². The molecule has 0 radical (unpaired) electrons. The van der Waals surface area contributed by atoms with Gasteiger partial charge in [0.25, 0.3) is 0 Å². The summed E-state index contributed by atoms with van der Waals surface area (Å²) in [5, 5.41) is 3.78. The second kappa shape index (κ2) is 7.48. The molecule has 1 amide bonds. The normalized spacial score (nSPS) is 26.6. The highest BCUT2D eigenvalue weighted by atomic mass is 35.5. The molecule has 0 spiro atoms. The molecule has 1 aromatic rings.